The molecule has 1 atom stereocenters. The average Bonchev–Trinajstić information content (AvgIpc) is 3.09. The van der Waals surface area contributed by atoms with Gasteiger partial charge in [-0.15, -0.1) is 0 Å². The second-order valence-corrected chi connectivity index (χ2v) is 7.34. The van der Waals surface area contributed by atoms with E-state index in [-0.39, 0.29) is 12.0 Å². The number of nitrogens with zero attached hydrogens (tertiary/aromatic N) is 4. The molecule has 2 saturated heterocycles. The summed E-state index contributed by atoms with van der Waals surface area (Å²) in [6.45, 7) is 6.00. The third kappa shape index (κ3) is 5.03. The minimum absolute atomic E-state index is 0.0314. The molecular weight excluding hydrogens is 318 g/mol. The van der Waals surface area contributed by atoms with Crippen molar-refractivity contribution in [3.63, 3.8) is 0 Å². The second kappa shape index (κ2) is 8.78. The number of hydrogen-bond donors (Lipinski definition) is 1. The molecule has 7 nitrogen and oxygen atoms in total. The smallest absolute Gasteiger partial charge is 0.225 e. The van der Waals surface area contributed by atoms with Crippen LogP contribution in [0, 0.1) is 0 Å². The fourth-order valence-electron chi connectivity index (χ4n) is 3.64. The third-order valence-corrected chi connectivity index (χ3v) is 5.16. The molecule has 2 aliphatic rings. The fourth-order valence-corrected chi connectivity index (χ4v) is 3.64. The topological polar surface area (TPSA) is 62.6 Å². The van der Waals surface area contributed by atoms with Gasteiger partial charge in [-0.25, -0.2) is 4.98 Å². The zero-order valence-corrected chi connectivity index (χ0v) is 15.5. The Kier molecular flexibility index (Phi) is 6.45. The molecule has 1 unspecified atom stereocenters. The molecular formula is C18H31N5O2. The SMILES string of the molecule is CN(C)CCn1ccnc1C1CCN(C(=O)CC2CNCCO2)CC1. The van der Waals surface area contributed by atoms with Crippen LogP contribution in [0.1, 0.15) is 31.0 Å². The number of ether oxygens (including phenoxy) is 1. The molecule has 140 valence electrons. The summed E-state index contributed by atoms with van der Waals surface area (Å²) in [5.74, 6) is 1.85. The number of rotatable bonds is 6. The molecule has 1 aromatic heterocycles. The van der Waals surface area contributed by atoms with E-state index >= 15 is 0 Å². The standard InChI is InChI=1S/C18H31N5O2/c1-21(2)10-11-23-9-5-20-18(23)15-3-7-22(8-4-15)17(24)13-16-14-19-6-12-25-16/h5,9,15-16,19H,3-4,6-8,10-14H2,1-2H3. The van der Waals surface area contributed by atoms with E-state index in [9.17, 15) is 4.79 Å². The highest BCUT2D eigenvalue weighted by Crippen LogP contribution is 2.27. The van der Waals surface area contributed by atoms with Gasteiger partial charge in [-0.2, -0.15) is 0 Å². The van der Waals surface area contributed by atoms with Crippen molar-refractivity contribution in [1.82, 2.24) is 24.7 Å². The van der Waals surface area contributed by atoms with Gasteiger partial charge in [-0.1, -0.05) is 0 Å². The number of likely N-dealkylation sites (N-methyl/N-ethyl adjacent to an activating group) is 1. The molecule has 3 rings (SSSR count). The van der Waals surface area contributed by atoms with Crippen molar-refractivity contribution < 1.29 is 9.53 Å². The van der Waals surface area contributed by atoms with Crippen molar-refractivity contribution in [2.75, 3.05) is 53.4 Å². The zero-order chi connectivity index (χ0) is 17.6. The van der Waals surface area contributed by atoms with Crippen LogP contribution < -0.4 is 5.32 Å². The maximum absolute atomic E-state index is 12.5. The van der Waals surface area contributed by atoms with Gasteiger partial charge >= 0.3 is 0 Å². The Balaban J connectivity index is 1.48. The predicted molar refractivity (Wildman–Crippen MR) is 96.6 cm³/mol. The molecule has 0 saturated carbocycles. The summed E-state index contributed by atoms with van der Waals surface area (Å²) >= 11 is 0. The van der Waals surface area contributed by atoms with E-state index in [1.54, 1.807) is 0 Å². The van der Waals surface area contributed by atoms with Gasteiger partial charge in [0.2, 0.25) is 5.91 Å². The van der Waals surface area contributed by atoms with Crippen molar-refractivity contribution in [3.05, 3.63) is 18.2 Å². The fraction of sp³-hybridized carbons (Fsp3) is 0.778. The number of morpholine rings is 1. The lowest BCUT2D eigenvalue weighted by Crippen LogP contribution is -2.44. The normalized spacial score (nSPS) is 22.5. The largest absolute Gasteiger partial charge is 0.375 e. The molecule has 1 N–H and O–H groups in total. The lowest BCUT2D eigenvalue weighted by atomic mass is 9.95. The second-order valence-electron chi connectivity index (χ2n) is 7.34. The van der Waals surface area contributed by atoms with Crippen LogP contribution in [0.3, 0.4) is 0 Å². The van der Waals surface area contributed by atoms with Crippen LogP contribution in [-0.4, -0.2) is 84.8 Å². The van der Waals surface area contributed by atoms with Crippen molar-refractivity contribution in [3.8, 4) is 0 Å². The molecule has 0 aliphatic carbocycles. The van der Waals surface area contributed by atoms with Crippen LogP contribution in [-0.2, 0) is 16.1 Å². The van der Waals surface area contributed by atoms with Crippen molar-refractivity contribution >= 4 is 5.91 Å². The third-order valence-electron chi connectivity index (χ3n) is 5.16. The summed E-state index contributed by atoms with van der Waals surface area (Å²) in [4.78, 5) is 21.3. The summed E-state index contributed by atoms with van der Waals surface area (Å²) in [5.41, 5.74) is 0. The van der Waals surface area contributed by atoms with Crippen molar-refractivity contribution in [2.45, 2.75) is 37.8 Å². The Labute approximate surface area is 150 Å². The zero-order valence-electron chi connectivity index (χ0n) is 15.5. The van der Waals surface area contributed by atoms with Crippen LogP contribution in [0.2, 0.25) is 0 Å². The first-order chi connectivity index (χ1) is 12.1. The predicted octanol–water partition coefficient (Wildman–Crippen LogP) is 0.529. The Bertz CT molecular complexity index is 545. The lowest BCUT2D eigenvalue weighted by molar-refractivity contribution is -0.135. The number of piperidine rings is 1. The molecule has 2 aliphatic heterocycles. The van der Waals surface area contributed by atoms with Gasteiger partial charge in [-0.3, -0.25) is 4.79 Å². The van der Waals surface area contributed by atoms with Crippen LogP contribution in [0.5, 0.6) is 0 Å². The summed E-state index contributed by atoms with van der Waals surface area (Å²) in [6, 6.07) is 0. The van der Waals surface area contributed by atoms with E-state index in [1.807, 2.05) is 11.1 Å². The average molecular weight is 349 g/mol. The number of likely N-dealkylation sites (tertiary alicyclic amines) is 1. The maximum Gasteiger partial charge on any atom is 0.225 e. The first-order valence-corrected chi connectivity index (χ1v) is 9.39. The molecule has 3 heterocycles. The van der Waals surface area contributed by atoms with Gasteiger partial charge < -0.3 is 24.4 Å². The van der Waals surface area contributed by atoms with E-state index in [0.29, 0.717) is 18.9 Å². The van der Waals surface area contributed by atoms with Crippen LogP contribution in [0.15, 0.2) is 12.4 Å². The lowest BCUT2D eigenvalue weighted by Gasteiger charge is -2.33. The van der Waals surface area contributed by atoms with E-state index in [0.717, 1.165) is 52.1 Å². The Morgan fingerprint density at radius 1 is 1.40 bits per heavy atom. The van der Waals surface area contributed by atoms with Gasteiger partial charge in [0.25, 0.3) is 0 Å². The molecule has 7 heteroatoms. The van der Waals surface area contributed by atoms with Gasteiger partial charge in [0.15, 0.2) is 0 Å². The molecule has 25 heavy (non-hydrogen) atoms. The number of aromatic nitrogens is 2. The van der Waals surface area contributed by atoms with Crippen LogP contribution in [0.4, 0.5) is 0 Å². The van der Waals surface area contributed by atoms with Gasteiger partial charge in [0.05, 0.1) is 19.1 Å². The molecule has 0 bridgehead atoms. The number of nitrogens with one attached hydrogen (secondary N) is 1. The van der Waals surface area contributed by atoms with E-state index in [1.165, 1.54) is 5.82 Å². The maximum atomic E-state index is 12.5. The minimum atomic E-state index is 0.0314. The van der Waals surface area contributed by atoms with E-state index in [4.69, 9.17) is 4.74 Å². The van der Waals surface area contributed by atoms with Crippen molar-refractivity contribution in [1.29, 1.82) is 0 Å². The molecule has 0 spiro atoms. The van der Waals surface area contributed by atoms with E-state index in [2.05, 4.69) is 40.1 Å². The quantitative estimate of drug-likeness (QED) is 0.812. The Morgan fingerprint density at radius 3 is 2.88 bits per heavy atom. The van der Waals surface area contributed by atoms with Gasteiger partial charge in [0, 0.05) is 57.6 Å². The number of carbonyl (C=O) groups excluding carboxylic acids is 1. The summed E-state index contributed by atoms with van der Waals surface area (Å²) in [5, 5.41) is 3.28. The van der Waals surface area contributed by atoms with Crippen LogP contribution >= 0.6 is 0 Å². The van der Waals surface area contributed by atoms with Crippen LogP contribution in [0.25, 0.3) is 0 Å². The molecule has 1 amide bonds. The monoisotopic (exact) mass is 349 g/mol. The Hall–Kier alpha value is -1.44. The number of carbonyl (C=O) groups is 1. The summed E-state index contributed by atoms with van der Waals surface area (Å²) < 4.78 is 7.92. The van der Waals surface area contributed by atoms with Gasteiger partial charge in [-0.05, 0) is 26.9 Å². The number of hydrogen-bond acceptors (Lipinski definition) is 5. The van der Waals surface area contributed by atoms with Gasteiger partial charge in [0.1, 0.15) is 5.82 Å². The molecule has 2 fully saturated rings. The van der Waals surface area contributed by atoms with Crippen molar-refractivity contribution in [2.24, 2.45) is 0 Å². The highest BCUT2D eigenvalue weighted by atomic mass is 16.5. The first kappa shape index (κ1) is 18.4. The minimum Gasteiger partial charge on any atom is -0.375 e. The summed E-state index contributed by atoms with van der Waals surface area (Å²) in [7, 11) is 4.18. The molecule has 0 aromatic carbocycles. The van der Waals surface area contributed by atoms with E-state index < -0.39 is 0 Å². The highest BCUT2D eigenvalue weighted by molar-refractivity contribution is 5.76. The summed E-state index contributed by atoms with van der Waals surface area (Å²) in [6.07, 6.45) is 6.49. The Morgan fingerprint density at radius 2 is 2.20 bits per heavy atom. The molecule has 1 aromatic rings. The molecule has 0 radical (unpaired) electrons. The first-order valence-electron chi connectivity index (χ1n) is 9.39. The number of amides is 1. The highest BCUT2D eigenvalue weighted by Gasteiger charge is 2.28. The number of imidazole rings is 1.